The molecule has 0 spiro atoms. The summed E-state index contributed by atoms with van der Waals surface area (Å²) in [6, 6.07) is 8.24. The largest absolute Gasteiger partial charge is 0.334 e. The van der Waals surface area contributed by atoms with E-state index >= 15 is 0 Å². The Bertz CT molecular complexity index is 606. The molecule has 22 heavy (non-hydrogen) atoms. The Hall–Kier alpha value is -2.14. The molecule has 1 atom stereocenters. The van der Waals surface area contributed by atoms with Gasteiger partial charge < -0.3 is 14.8 Å². The van der Waals surface area contributed by atoms with E-state index in [1.807, 2.05) is 47.0 Å². The second-order valence-electron chi connectivity index (χ2n) is 5.78. The Morgan fingerprint density at radius 2 is 2.18 bits per heavy atom. The van der Waals surface area contributed by atoms with Gasteiger partial charge in [0, 0.05) is 43.6 Å². The number of likely N-dealkylation sites (tertiary alicyclic amines) is 1. The first kappa shape index (κ1) is 14.8. The van der Waals surface area contributed by atoms with Crippen molar-refractivity contribution in [3.63, 3.8) is 0 Å². The van der Waals surface area contributed by atoms with Gasteiger partial charge in [-0.3, -0.25) is 4.79 Å². The average molecular weight is 298 g/mol. The number of nitrogens with one attached hydrogen (secondary N) is 1. The molecule has 5 heteroatoms. The Morgan fingerprint density at radius 3 is 2.86 bits per heavy atom. The molecule has 1 aliphatic heterocycles. The molecule has 1 saturated heterocycles. The number of rotatable bonds is 5. The number of likely N-dealkylation sites (N-methyl/N-ethyl adjacent to an activating group) is 1. The van der Waals surface area contributed by atoms with Crippen molar-refractivity contribution in [2.24, 2.45) is 0 Å². The van der Waals surface area contributed by atoms with Crippen LogP contribution in [-0.2, 0) is 6.54 Å². The van der Waals surface area contributed by atoms with E-state index in [-0.39, 0.29) is 5.91 Å². The van der Waals surface area contributed by atoms with Gasteiger partial charge in [0.15, 0.2) is 0 Å². The standard InChI is InChI=1S/C17H22N4O/c1-18-11-16-3-2-9-21(16)17(22)15-6-4-14(5-7-15)12-20-10-8-19-13-20/h4-8,10,13,16,18H,2-3,9,11-12H2,1H3/t16-/m1/s1. The Balaban J connectivity index is 1.68. The van der Waals surface area contributed by atoms with E-state index in [0.717, 1.165) is 38.0 Å². The summed E-state index contributed by atoms with van der Waals surface area (Å²) in [5.74, 6) is 0.145. The maximum absolute atomic E-state index is 12.6. The highest BCUT2D eigenvalue weighted by atomic mass is 16.2. The highest BCUT2D eigenvalue weighted by Gasteiger charge is 2.28. The van der Waals surface area contributed by atoms with Gasteiger partial charge in [-0.1, -0.05) is 12.1 Å². The molecule has 3 rings (SSSR count). The minimum absolute atomic E-state index is 0.145. The van der Waals surface area contributed by atoms with E-state index in [2.05, 4.69) is 10.3 Å². The average Bonchev–Trinajstić information content (AvgIpc) is 3.19. The fourth-order valence-electron chi connectivity index (χ4n) is 3.06. The third kappa shape index (κ3) is 3.20. The minimum atomic E-state index is 0.145. The van der Waals surface area contributed by atoms with Crippen molar-refractivity contribution in [1.29, 1.82) is 0 Å². The molecule has 5 nitrogen and oxygen atoms in total. The van der Waals surface area contributed by atoms with E-state index in [1.165, 1.54) is 5.56 Å². The fourth-order valence-corrected chi connectivity index (χ4v) is 3.06. The summed E-state index contributed by atoms with van der Waals surface area (Å²) in [4.78, 5) is 18.7. The zero-order valence-electron chi connectivity index (χ0n) is 12.9. The van der Waals surface area contributed by atoms with E-state index in [1.54, 1.807) is 12.5 Å². The molecular formula is C17H22N4O. The number of carbonyl (C=O) groups is 1. The maximum Gasteiger partial charge on any atom is 0.254 e. The van der Waals surface area contributed by atoms with Crippen LogP contribution in [0.4, 0.5) is 0 Å². The van der Waals surface area contributed by atoms with Crippen molar-refractivity contribution < 1.29 is 4.79 Å². The van der Waals surface area contributed by atoms with Crippen LogP contribution in [0.3, 0.4) is 0 Å². The van der Waals surface area contributed by atoms with Crippen LogP contribution in [0.15, 0.2) is 43.0 Å². The van der Waals surface area contributed by atoms with Crippen LogP contribution < -0.4 is 5.32 Å². The van der Waals surface area contributed by atoms with E-state index in [0.29, 0.717) is 6.04 Å². The van der Waals surface area contributed by atoms with Crippen molar-refractivity contribution >= 4 is 5.91 Å². The summed E-state index contributed by atoms with van der Waals surface area (Å²) < 4.78 is 2.01. The monoisotopic (exact) mass is 298 g/mol. The molecular weight excluding hydrogens is 276 g/mol. The molecule has 2 aromatic rings. The molecule has 1 aromatic heterocycles. The highest BCUT2D eigenvalue weighted by molar-refractivity contribution is 5.94. The van der Waals surface area contributed by atoms with Gasteiger partial charge in [-0.15, -0.1) is 0 Å². The summed E-state index contributed by atoms with van der Waals surface area (Å²) in [5.41, 5.74) is 1.94. The summed E-state index contributed by atoms with van der Waals surface area (Å²) in [7, 11) is 1.94. The molecule has 0 aliphatic carbocycles. The van der Waals surface area contributed by atoms with Gasteiger partial charge in [0.05, 0.1) is 6.33 Å². The quantitative estimate of drug-likeness (QED) is 0.915. The molecule has 1 N–H and O–H groups in total. The van der Waals surface area contributed by atoms with Crippen molar-refractivity contribution in [2.45, 2.75) is 25.4 Å². The number of aromatic nitrogens is 2. The van der Waals surface area contributed by atoms with Gasteiger partial charge in [0.25, 0.3) is 5.91 Å². The lowest BCUT2D eigenvalue weighted by Crippen LogP contribution is -2.40. The molecule has 0 radical (unpaired) electrons. The van der Waals surface area contributed by atoms with E-state index in [4.69, 9.17) is 0 Å². The number of carbonyl (C=O) groups excluding carboxylic acids is 1. The molecule has 1 aromatic carbocycles. The zero-order chi connectivity index (χ0) is 15.4. The van der Waals surface area contributed by atoms with Crippen molar-refractivity contribution in [2.75, 3.05) is 20.1 Å². The summed E-state index contributed by atoms with van der Waals surface area (Å²) in [5, 5.41) is 3.18. The SMILES string of the molecule is CNC[C@H]1CCCN1C(=O)c1ccc(Cn2ccnc2)cc1. The van der Waals surface area contributed by atoms with Crippen LogP contribution in [0.2, 0.25) is 0 Å². The molecule has 1 amide bonds. The van der Waals surface area contributed by atoms with Crippen LogP contribution >= 0.6 is 0 Å². The van der Waals surface area contributed by atoms with Crippen LogP contribution in [0, 0.1) is 0 Å². The van der Waals surface area contributed by atoms with Gasteiger partial charge in [0.2, 0.25) is 0 Å². The second-order valence-corrected chi connectivity index (χ2v) is 5.78. The number of hydrogen-bond donors (Lipinski definition) is 1. The fraction of sp³-hybridized carbons (Fsp3) is 0.412. The van der Waals surface area contributed by atoms with Gasteiger partial charge >= 0.3 is 0 Å². The second kappa shape index (κ2) is 6.75. The maximum atomic E-state index is 12.6. The topological polar surface area (TPSA) is 50.2 Å². The first-order valence-corrected chi connectivity index (χ1v) is 7.78. The number of nitrogens with zero attached hydrogens (tertiary/aromatic N) is 3. The van der Waals surface area contributed by atoms with Crippen LogP contribution in [-0.4, -0.2) is 46.5 Å². The first-order chi connectivity index (χ1) is 10.8. The van der Waals surface area contributed by atoms with Crippen molar-refractivity contribution in [1.82, 2.24) is 19.8 Å². The predicted molar refractivity (Wildman–Crippen MR) is 85.8 cm³/mol. The Kier molecular flexibility index (Phi) is 4.53. The number of hydrogen-bond acceptors (Lipinski definition) is 3. The molecule has 0 unspecified atom stereocenters. The molecule has 2 heterocycles. The Morgan fingerprint density at radius 1 is 1.36 bits per heavy atom. The van der Waals surface area contributed by atoms with Crippen LogP contribution in [0.1, 0.15) is 28.8 Å². The summed E-state index contributed by atoms with van der Waals surface area (Å²) in [6.07, 6.45) is 7.69. The molecule has 1 fully saturated rings. The third-order valence-electron chi connectivity index (χ3n) is 4.20. The van der Waals surface area contributed by atoms with E-state index in [9.17, 15) is 4.79 Å². The number of imidazole rings is 1. The van der Waals surface area contributed by atoms with E-state index < -0.39 is 0 Å². The highest BCUT2D eigenvalue weighted by Crippen LogP contribution is 2.20. The number of amides is 1. The third-order valence-corrected chi connectivity index (χ3v) is 4.20. The summed E-state index contributed by atoms with van der Waals surface area (Å²) in [6.45, 7) is 2.51. The zero-order valence-corrected chi connectivity index (χ0v) is 12.9. The first-order valence-electron chi connectivity index (χ1n) is 7.78. The van der Waals surface area contributed by atoms with Crippen LogP contribution in [0.5, 0.6) is 0 Å². The van der Waals surface area contributed by atoms with Crippen LogP contribution in [0.25, 0.3) is 0 Å². The lowest BCUT2D eigenvalue weighted by Gasteiger charge is -2.24. The normalized spacial score (nSPS) is 17.9. The predicted octanol–water partition coefficient (Wildman–Crippen LogP) is 1.76. The van der Waals surface area contributed by atoms with Gasteiger partial charge in [0.1, 0.15) is 0 Å². The number of benzene rings is 1. The summed E-state index contributed by atoms with van der Waals surface area (Å²) >= 11 is 0. The van der Waals surface area contributed by atoms with Gasteiger partial charge in [-0.2, -0.15) is 0 Å². The molecule has 116 valence electrons. The van der Waals surface area contributed by atoms with Crippen molar-refractivity contribution in [3.8, 4) is 0 Å². The molecule has 1 aliphatic rings. The molecule has 0 bridgehead atoms. The van der Waals surface area contributed by atoms with Crippen molar-refractivity contribution in [3.05, 3.63) is 54.1 Å². The van der Waals surface area contributed by atoms with Gasteiger partial charge in [-0.05, 0) is 37.6 Å². The smallest absolute Gasteiger partial charge is 0.254 e. The lowest BCUT2D eigenvalue weighted by atomic mass is 10.1. The molecule has 0 saturated carbocycles. The van der Waals surface area contributed by atoms with Gasteiger partial charge in [-0.25, -0.2) is 4.98 Å². The lowest BCUT2D eigenvalue weighted by molar-refractivity contribution is 0.0737. The minimum Gasteiger partial charge on any atom is -0.334 e. The Labute approximate surface area is 131 Å².